The van der Waals surface area contributed by atoms with E-state index in [2.05, 4.69) is 9.97 Å². The molecule has 0 amide bonds. The topological polar surface area (TPSA) is 93.8 Å². The molecule has 2 aromatic heterocycles. The van der Waals surface area contributed by atoms with Crippen LogP contribution in [0.5, 0.6) is 0 Å². The van der Waals surface area contributed by atoms with Gasteiger partial charge >= 0.3 is 4.87 Å². The van der Waals surface area contributed by atoms with Crippen LogP contribution in [-0.4, -0.2) is 14.5 Å². The van der Waals surface area contributed by atoms with Crippen LogP contribution >= 0.6 is 11.3 Å². The van der Waals surface area contributed by atoms with Gasteiger partial charge in [0.2, 0.25) is 5.95 Å². The molecule has 0 bridgehead atoms. The minimum Gasteiger partial charge on any atom is -0.369 e. The molecule has 2 rings (SSSR count). The minimum absolute atomic E-state index is 0.0301. The van der Waals surface area contributed by atoms with Gasteiger partial charge in [-0.05, 0) is 6.92 Å². The maximum Gasteiger partial charge on any atom is 0.309 e. The molecule has 0 aliphatic rings. The summed E-state index contributed by atoms with van der Waals surface area (Å²) >= 11 is 0.884. The van der Waals surface area contributed by atoms with Gasteiger partial charge in [0.15, 0.2) is 5.65 Å². The summed E-state index contributed by atoms with van der Waals surface area (Å²) in [7, 11) is 0. The summed E-state index contributed by atoms with van der Waals surface area (Å²) in [6.45, 7) is 2.29. The van der Waals surface area contributed by atoms with Gasteiger partial charge in [0.05, 0.1) is 0 Å². The Morgan fingerprint density at radius 1 is 1.57 bits per heavy atom. The third-order valence-electron chi connectivity index (χ3n) is 1.86. The van der Waals surface area contributed by atoms with Crippen molar-refractivity contribution in [2.75, 3.05) is 5.73 Å². The van der Waals surface area contributed by atoms with Crippen molar-refractivity contribution >= 4 is 27.6 Å². The van der Waals surface area contributed by atoms with Crippen molar-refractivity contribution in [3.63, 3.8) is 0 Å². The normalized spacial score (nSPS) is 10.9. The van der Waals surface area contributed by atoms with E-state index in [0.29, 0.717) is 16.9 Å². The van der Waals surface area contributed by atoms with Gasteiger partial charge in [0, 0.05) is 6.54 Å². The first-order chi connectivity index (χ1) is 6.63. The van der Waals surface area contributed by atoms with Crippen molar-refractivity contribution in [3.05, 3.63) is 20.0 Å². The lowest BCUT2D eigenvalue weighted by Gasteiger charge is -1.97. The van der Waals surface area contributed by atoms with Gasteiger partial charge in [-0.25, -0.2) is 0 Å². The monoisotopic (exact) mass is 212 g/mol. The summed E-state index contributed by atoms with van der Waals surface area (Å²) in [5, 5.41) is 0. The fourth-order valence-electron chi connectivity index (χ4n) is 1.25. The lowest BCUT2D eigenvalue weighted by molar-refractivity contribution is 0.768. The Labute approximate surface area is 82.0 Å². The Morgan fingerprint density at radius 3 is 2.93 bits per heavy atom. The van der Waals surface area contributed by atoms with Gasteiger partial charge in [0.1, 0.15) is 4.70 Å². The van der Waals surface area contributed by atoms with Crippen molar-refractivity contribution in [2.45, 2.75) is 13.5 Å². The van der Waals surface area contributed by atoms with E-state index in [1.54, 1.807) is 0 Å². The highest BCUT2D eigenvalue weighted by Gasteiger charge is 2.11. The summed E-state index contributed by atoms with van der Waals surface area (Å²) in [6, 6.07) is 0. The van der Waals surface area contributed by atoms with E-state index in [4.69, 9.17) is 5.73 Å². The van der Waals surface area contributed by atoms with Crippen LogP contribution < -0.4 is 16.2 Å². The lowest BCUT2D eigenvalue weighted by atomic mass is 10.5. The quantitative estimate of drug-likeness (QED) is 0.681. The zero-order valence-electron chi connectivity index (χ0n) is 7.40. The molecule has 6 nitrogen and oxygen atoms in total. The average Bonchev–Trinajstić information content (AvgIpc) is 2.41. The van der Waals surface area contributed by atoms with Gasteiger partial charge in [-0.1, -0.05) is 11.3 Å². The number of nitrogens with zero attached hydrogens (tertiary/aromatic N) is 2. The first kappa shape index (κ1) is 8.95. The molecule has 74 valence electrons. The minimum atomic E-state index is -0.359. The Kier molecular flexibility index (Phi) is 1.88. The maximum atomic E-state index is 11.4. The van der Waals surface area contributed by atoms with Crippen LogP contribution in [-0.2, 0) is 6.54 Å². The summed E-state index contributed by atoms with van der Waals surface area (Å²) in [6.07, 6.45) is 0. The highest BCUT2D eigenvalue weighted by atomic mass is 32.1. The summed E-state index contributed by atoms with van der Waals surface area (Å²) in [5.41, 5.74) is 5.39. The molecule has 0 radical (unpaired) electrons. The predicted octanol–water partition coefficient (Wildman–Crippen LogP) is -0.252. The van der Waals surface area contributed by atoms with E-state index >= 15 is 0 Å². The molecule has 0 aromatic carbocycles. The number of aromatic amines is 1. The van der Waals surface area contributed by atoms with Crippen LogP contribution in [0.2, 0.25) is 0 Å². The van der Waals surface area contributed by atoms with E-state index < -0.39 is 0 Å². The zero-order chi connectivity index (χ0) is 10.3. The van der Waals surface area contributed by atoms with Crippen LogP contribution in [0.4, 0.5) is 5.95 Å². The molecule has 0 saturated heterocycles. The van der Waals surface area contributed by atoms with Gasteiger partial charge in [-0.15, -0.1) is 0 Å². The number of thiazole rings is 1. The number of nitrogen functional groups attached to an aromatic ring is 1. The second-order valence-corrected chi connectivity index (χ2v) is 3.68. The van der Waals surface area contributed by atoms with Crippen LogP contribution in [0.25, 0.3) is 10.3 Å². The standard InChI is InChI=1S/C7H8N4O2S/c1-2-11-4-3(14-7(11)13)5(12)10-6(8)9-4/h2H2,1H3,(H3,8,9,10,12). The molecule has 14 heavy (non-hydrogen) atoms. The Morgan fingerprint density at radius 2 is 2.29 bits per heavy atom. The van der Waals surface area contributed by atoms with E-state index in [1.165, 1.54) is 4.57 Å². The molecule has 0 aliphatic heterocycles. The molecule has 0 spiro atoms. The maximum absolute atomic E-state index is 11.4. The molecule has 0 atom stereocenters. The van der Waals surface area contributed by atoms with E-state index in [1.807, 2.05) is 6.92 Å². The number of hydrogen-bond donors (Lipinski definition) is 2. The number of anilines is 1. The highest BCUT2D eigenvalue weighted by Crippen LogP contribution is 2.10. The Balaban J connectivity index is 3.03. The van der Waals surface area contributed by atoms with Gasteiger partial charge in [-0.2, -0.15) is 4.98 Å². The molecule has 3 N–H and O–H groups in total. The van der Waals surface area contributed by atoms with Crippen molar-refractivity contribution in [3.8, 4) is 0 Å². The van der Waals surface area contributed by atoms with Crippen molar-refractivity contribution in [1.82, 2.24) is 14.5 Å². The third-order valence-corrected chi connectivity index (χ3v) is 2.83. The van der Waals surface area contributed by atoms with E-state index in [-0.39, 0.29) is 16.4 Å². The second-order valence-electron chi connectivity index (χ2n) is 2.72. The molecular formula is C7H8N4O2S. The number of H-pyrrole nitrogens is 1. The molecule has 2 aromatic rings. The van der Waals surface area contributed by atoms with Crippen molar-refractivity contribution in [1.29, 1.82) is 0 Å². The number of rotatable bonds is 1. The van der Waals surface area contributed by atoms with Crippen LogP contribution in [0.15, 0.2) is 9.59 Å². The van der Waals surface area contributed by atoms with E-state index in [0.717, 1.165) is 11.3 Å². The van der Waals surface area contributed by atoms with Crippen molar-refractivity contribution < 1.29 is 0 Å². The predicted molar refractivity (Wildman–Crippen MR) is 54.6 cm³/mol. The Hall–Kier alpha value is -1.63. The first-order valence-corrected chi connectivity index (χ1v) is 4.84. The Bertz CT molecular complexity index is 594. The lowest BCUT2D eigenvalue weighted by Crippen LogP contribution is -2.14. The number of aryl methyl sites for hydroxylation is 1. The number of nitrogens with two attached hydrogens (primary N) is 1. The molecular weight excluding hydrogens is 204 g/mol. The van der Waals surface area contributed by atoms with Crippen LogP contribution in [0, 0.1) is 0 Å². The molecule has 2 heterocycles. The fourth-order valence-corrected chi connectivity index (χ4v) is 2.14. The summed E-state index contributed by atoms with van der Waals surface area (Å²) < 4.78 is 1.75. The number of nitrogens with one attached hydrogen (secondary N) is 1. The van der Waals surface area contributed by atoms with E-state index in [9.17, 15) is 9.59 Å². The molecule has 0 fully saturated rings. The molecule has 0 unspecified atom stereocenters. The fraction of sp³-hybridized carbons (Fsp3) is 0.286. The van der Waals surface area contributed by atoms with Gasteiger partial charge < -0.3 is 5.73 Å². The van der Waals surface area contributed by atoms with Crippen molar-refractivity contribution in [2.24, 2.45) is 0 Å². The van der Waals surface area contributed by atoms with Crippen LogP contribution in [0.1, 0.15) is 6.92 Å². The average molecular weight is 212 g/mol. The largest absolute Gasteiger partial charge is 0.369 e. The molecule has 0 saturated carbocycles. The van der Waals surface area contributed by atoms with Gasteiger partial charge in [-0.3, -0.25) is 19.1 Å². The summed E-state index contributed by atoms with van der Waals surface area (Å²) in [5.74, 6) is 0.0301. The number of aromatic nitrogens is 3. The molecule has 0 aliphatic carbocycles. The zero-order valence-corrected chi connectivity index (χ0v) is 8.22. The SMILES string of the molecule is CCn1c(=O)sc2c(=O)[nH]c(N)nc21. The highest BCUT2D eigenvalue weighted by molar-refractivity contribution is 7.16. The molecule has 7 heteroatoms. The third kappa shape index (κ3) is 1.13. The second kappa shape index (κ2) is 2.95. The van der Waals surface area contributed by atoms with Crippen LogP contribution in [0.3, 0.4) is 0 Å². The van der Waals surface area contributed by atoms with Gasteiger partial charge in [0.25, 0.3) is 5.56 Å². The number of hydrogen-bond acceptors (Lipinski definition) is 5. The summed E-state index contributed by atoms with van der Waals surface area (Å²) in [4.78, 5) is 28.8. The smallest absolute Gasteiger partial charge is 0.309 e. The first-order valence-electron chi connectivity index (χ1n) is 4.02. The number of fused-ring (bicyclic) bond motifs is 1.